The number of esters is 1. The molecule has 16 atom stereocenters. The van der Waals surface area contributed by atoms with Gasteiger partial charge in [-0.2, -0.15) is 10.1 Å². The molecule has 7 heterocycles. The normalized spacial score (nSPS) is 27.1. The number of nitrogens with two attached hydrogens (primary N) is 3. The third-order valence-electron chi connectivity index (χ3n) is 24.1. The average molecular weight is 1790 g/mol. The number of aryl methyl sites for hydroxylation is 2. The Morgan fingerprint density at radius 3 is 2.05 bits per heavy atom. The highest BCUT2D eigenvalue weighted by Crippen LogP contribution is 2.39. The van der Waals surface area contributed by atoms with Crippen molar-refractivity contribution in [3.05, 3.63) is 84.0 Å². The number of ketones is 2. The van der Waals surface area contributed by atoms with E-state index >= 15 is 0 Å². The Morgan fingerprint density at radius 1 is 0.693 bits per heavy atom. The molecule has 4 aliphatic rings. The van der Waals surface area contributed by atoms with E-state index in [0.29, 0.717) is 222 Å². The number of benzene rings is 1. The van der Waals surface area contributed by atoms with E-state index in [4.69, 9.17) is 93.0 Å². The van der Waals surface area contributed by atoms with E-state index in [1.54, 1.807) is 56.5 Å². The number of aliphatic hydroxyl groups excluding tert-OH is 2. The molecule has 1 saturated carbocycles. The lowest BCUT2D eigenvalue weighted by Gasteiger charge is -2.43. The van der Waals surface area contributed by atoms with Crippen molar-refractivity contribution in [2.24, 2.45) is 35.3 Å². The summed E-state index contributed by atoms with van der Waals surface area (Å²) in [5.74, 6) is -7.40. The maximum absolute atomic E-state index is 14.8. The quantitative estimate of drug-likeness (QED) is 0.00856. The van der Waals surface area contributed by atoms with Gasteiger partial charge in [-0.3, -0.25) is 19.2 Å². The zero-order valence-electron chi connectivity index (χ0n) is 75.9. The molecular weight excluding hydrogens is 1640 g/mol. The van der Waals surface area contributed by atoms with Crippen molar-refractivity contribution >= 4 is 63.3 Å². The zero-order chi connectivity index (χ0) is 91.0. The molecule has 127 heavy (non-hydrogen) atoms. The van der Waals surface area contributed by atoms with Crippen LogP contribution in [0.15, 0.2) is 82.7 Å². The third-order valence-corrected chi connectivity index (χ3v) is 24.1. The van der Waals surface area contributed by atoms with Gasteiger partial charge in [-0.05, 0) is 151 Å². The van der Waals surface area contributed by atoms with Gasteiger partial charge >= 0.3 is 5.97 Å². The van der Waals surface area contributed by atoms with E-state index in [2.05, 4.69) is 30.6 Å². The highest BCUT2D eigenvalue weighted by Gasteiger charge is 2.53. The predicted octanol–water partition coefficient (Wildman–Crippen LogP) is 7.53. The number of nitrogens with one attached hydrogen (secondary N) is 1. The molecule has 1 aliphatic carbocycles. The molecule has 4 aromatic heterocycles. The monoisotopic (exact) mass is 1780 g/mol. The number of nitrogens with zero attached hydrogens (tertiary/aromatic N) is 9. The number of aliphatic hydroxyl groups is 3. The van der Waals surface area contributed by atoms with Gasteiger partial charge in [0.25, 0.3) is 17.7 Å². The van der Waals surface area contributed by atoms with Gasteiger partial charge in [-0.25, -0.2) is 24.1 Å². The molecule has 0 radical (unpaired) electrons. The molecule has 2 bridgehead atoms. The summed E-state index contributed by atoms with van der Waals surface area (Å²) >= 11 is 0. The van der Waals surface area contributed by atoms with E-state index in [-0.39, 0.29) is 68.4 Å². The van der Waals surface area contributed by atoms with Crippen LogP contribution in [0.5, 0.6) is 0 Å². The molecule has 2 amide bonds. The summed E-state index contributed by atoms with van der Waals surface area (Å²) in [6, 6.07) is 3.66. The molecule has 0 spiro atoms. The van der Waals surface area contributed by atoms with Crippen molar-refractivity contribution in [1.29, 1.82) is 0 Å². The Bertz CT molecular complexity index is 4270. The topological polar surface area (TPSA) is 469 Å². The number of nitrogen functional groups attached to an aromatic ring is 2. The summed E-state index contributed by atoms with van der Waals surface area (Å²) in [4.78, 5) is 84.1. The fraction of sp³-hybridized carbons (Fsp3) is 0.703. The number of Topliss-reactive ketones (excluding diaryl/α,β-unsaturated/α-hetero) is 2. The number of hydrogen-bond donors (Lipinski definition) is 7. The molecule has 2 saturated heterocycles. The number of hydrogen-bond acceptors (Lipinski definition) is 32. The molecule has 36 nitrogen and oxygen atoms in total. The van der Waals surface area contributed by atoms with Gasteiger partial charge in [-0.15, -0.1) is 5.10 Å². The summed E-state index contributed by atoms with van der Waals surface area (Å²) < 4.78 is 91.3. The number of carbonyl (C=O) groups is 5. The van der Waals surface area contributed by atoms with Crippen LogP contribution in [-0.2, 0) is 110 Å². The number of anilines is 2. The Labute approximate surface area is 745 Å². The van der Waals surface area contributed by atoms with Crippen molar-refractivity contribution < 1.29 is 110 Å². The molecule has 708 valence electrons. The van der Waals surface area contributed by atoms with Crippen LogP contribution in [-0.4, -0.2) is 303 Å². The maximum Gasteiger partial charge on any atom is 0.329 e. The van der Waals surface area contributed by atoms with Crippen molar-refractivity contribution in [3.8, 4) is 11.3 Å². The second kappa shape index (κ2) is 54.6. The number of amides is 2. The van der Waals surface area contributed by atoms with E-state index in [1.165, 1.54) is 18.3 Å². The first-order valence-electron chi connectivity index (χ1n) is 45.3. The van der Waals surface area contributed by atoms with Crippen molar-refractivity contribution in [2.45, 2.75) is 237 Å². The Morgan fingerprint density at radius 2 is 1.37 bits per heavy atom. The standard InChI is InChI=1S/C91H141N13O23/c1-60-19-11-10-12-20-61(2)75(113-7)56-69-26-23-65(6)91(112,127-69)85(109)88(110)103-31-16-13-22-72(103)89(111)125-77(57-76(114-8)62(3)52-64(5)83(107)84(108)82(106)63(4)51-60)70(92)53-66-24-27-74(78(54-66)115-9)124-34-18-14-21-68-58-102(101-99-68)33-36-117-38-40-119-42-44-121-46-48-123-50-49-122-47-45-120-43-41-118-39-37-116-35-29-79(105)95-30-15-17-32-104-87-80(86(93)96-59-97-87)81(100-104)67-25-28-73-71(55-67)98-90(94)126-73/h10-12,19-20,25,28,52,55,58-60,62-63,65-66,69-70,72,74-78,83-84,107-108,112H,13-18,21-24,26-27,29-51,53-54,56-57,92H2,1-9H3,(H2,94,98)(H,95,105)(H2,93,96,97)/b12-10+,19-11+,61-20+,64-52+/t60-,62-,63-,65-,66+,69+,70-,72+,74-,75+,76-,77+,78-,83-,84+,91-/m1/s1. The Hall–Kier alpha value is -7.99. The average Bonchev–Trinajstić information content (AvgIpc) is 1.75. The van der Waals surface area contributed by atoms with Gasteiger partial charge in [0, 0.05) is 102 Å². The summed E-state index contributed by atoms with van der Waals surface area (Å²) in [5, 5.41) is 52.0. The molecule has 10 N–H and O–H groups in total. The summed E-state index contributed by atoms with van der Waals surface area (Å²) in [6.45, 7) is 19.6. The van der Waals surface area contributed by atoms with E-state index in [9.17, 15) is 39.3 Å². The van der Waals surface area contributed by atoms with Gasteiger partial charge in [-0.1, -0.05) is 69.4 Å². The minimum atomic E-state index is -2.46. The fourth-order valence-corrected chi connectivity index (χ4v) is 16.6. The van der Waals surface area contributed by atoms with Crippen molar-refractivity contribution in [2.75, 3.05) is 158 Å². The molecule has 1 aromatic carbocycles. The van der Waals surface area contributed by atoms with Crippen LogP contribution in [0, 0.1) is 29.6 Å². The lowest BCUT2D eigenvalue weighted by Crippen LogP contribution is -2.61. The summed E-state index contributed by atoms with van der Waals surface area (Å²) in [7, 11) is 4.77. The number of rotatable bonds is 45. The maximum atomic E-state index is 14.8. The molecular formula is C91H141N13O23. The SMILES string of the molecule is CO[C@H]1C[C@@H]2CC[C@@H](C)[C@@](O)(O2)C(=O)C(=O)N2CCCC[C@H]2C(=O)O[C@H]([C@H](N)C[C@@H]2CC[C@@H](OCCCCc3cn(CCOCCOCCOCCOCCOCCOCCOCCOCCC(=O)NCCCCn4nc(-c5ccc6oc(N)nc6c5)c5c(N)ncnc54)nn3)[C@H](OC)C2)C[C@@H](OC)[C@H](C)/C=C(\C)[C@@H](O)[C@@H](O)C(=O)[C@H](C)C[C@H](C)/C=C/C=C/C=C/1C. The lowest BCUT2D eigenvalue weighted by molar-refractivity contribution is -0.265. The molecule has 9 rings (SSSR count). The number of unbranched alkanes of at least 4 members (excludes halogenated alkanes) is 2. The zero-order valence-corrected chi connectivity index (χ0v) is 75.9. The van der Waals surface area contributed by atoms with Gasteiger partial charge in [0.15, 0.2) is 17.0 Å². The highest BCUT2D eigenvalue weighted by atomic mass is 16.6. The van der Waals surface area contributed by atoms with E-state index in [1.807, 2.05) is 69.5 Å². The first-order valence-corrected chi connectivity index (χ1v) is 45.3. The second-order valence-electron chi connectivity index (χ2n) is 33.7. The van der Waals surface area contributed by atoms with Crippen LogP contribution in [0.4, 0.5) is 11.8 Å². The Kier molecular flexibility index (Phi) is 44.2. The second-order valence-corrected chi connectivity index (χ2v) is 33.7. The van der Waals surface area contributed by atoms with Crippen molar-refractivity contribution in [3.63, 3.8) is 0 Å². The number of allylic oxidation sites excluding steroid dienone is 5. The molecule has 36 heteroatoms. The predicted molar refractivity (Wildman–Crippen MR) is 472 cm³/mol. The first kappa shape index (κ1) is 103. The van der Waals surface area contributed by atoms with Crippen molar-refractivity contribution in [1.82, 2.24) is 49.9 Å². The number of fused-ring (bicyclic) bond motifs is 5. The lowest BCUT2D eigenvalue weighted by atomic mass is 9.80. The highest BCUT2D eigenvalue weighted by molar-refractivity contribution is 6.39. The van der Waals surface area contributed by atoms with Crippen LogP contribution in [0.3, 0.4) is 0 Å². The van der Waals surface area contributed by atoms with Crippen LogP contribution >= 0.6 is 0 Å². The number of cyclic esters (lactones) is 1. The number of carbonyl (C=O) groups excluding carboxylic acids is 5. The number of piperidine rings is 1. The third kappa shape index (κ3) is 32.5. The minimum absolute atomic E-state index is 0.0423. The number of methoxy groups -OCH3 is 3. The molecule has 3 fully saturated rings. The van der Waals surface area contributed by atoms with Crippen LogP contribution in [0.2, 0.25) is 0 Å². The fourth-order valence-electron chi connectivity index (χ4n) is 16.6. The van der Waals surface area contributed by atoms with Crippen LogP contribution in [0.1, 0.15) is 156 Å². The van der Waals surface area contributed by atoms with Crippen LogP contribution < -0.4 is 22.5 Å². The Balaban J connectivity index is 0.587. The number of oxazole rings is 1. The number of ether oxygens (including phenoxy) is 14. The molecule has 0 unspecified atom stereocenters. The molecule has 5 aromatic rings. The number of aromatic nitrogens is 8. The smallest absolute Gasteiger partial charge is 0.329 e. The van der Waals surface area contributed by atoms with Crippen LogP contribution in [0.25, 0.3) is 33.4 Å². The minimum Gasteiger partial charge on any atom is -0.459 e. The van der Waals surface area contributed by atoms with E-state index < -0.39 is 95.7 Å². The van der Waals surface area contributed by atoms with Gasteiger partial charge in [0.05, 0.1) is 154 Å². The van der Waals surface area contributed by atoms with E-state index in [0.717, 1.165) is 55.4 Å². The van der Waals surface area contributed by atoms with Gasteiger partial charge in [0.1, 0.15) is 47.7 Å². The van der Waals surface area contributed by atoms with Gasteiger partial charge in [0.2, 0.25) is 11.7 Å². The largest absolute Gasteiger partial charge is 0.459 e. The molecule has 3 aliphatic heterocycles. The summed E-state index contributed by atoms with van der Waals surface area (Å²) in [5.41, 5.74) is 24.5. The first-order chi connectivity index (χ1) is 61.4. The van der Waals surface area contributed by atoms with Gasteiger partial charge < -0.3 is 113 Å². The summed E-state index contributed by atoms with van der Waals surface area (Å²) in [6.07, 6.45) is 17.8.